The third-order valence-electron chi connectivity index (χ3n) is 3.13. The second-order valence-corrected chi connectivity index (χ2v) is 4.94. The van der Waals surface area contributed by atoms with Crippen LogP contribution in [0.1, 0.15) is 18.2 Å². The van der Waals surface area contributed by atoms with E-state index in [9.17, 15) is 4.39 Å². The molecule has 106 valence electrons. The Labute approximate surface area is 123 Å². The maximum atomic E-state index is 13.4. The van der Waals surface area contributed by atoms with Crippen LogP contribution in [0, 0.1) is 12.7 Å². The van der Waals surface area contributed by atoms with Crippen LogP contribution in [0.2, 0.25) is 0 Å². The van der Waals surface area contributed by atoms with Crippen LogP contribution < -0.4 is 10.6 Å². The van der Waals surface area contributed by atoms with Crippen molar-refractivity contribution >= 4 is 28.7 Å². The van der Waals surface area contributed by atoms with Crippen LogP contribution >= 0.6 is 12.2 Å². The summed E-state index contributed by atoms with van der Waals surface area (Å²) in [6.07, 6.45) is 0. The summed E-state index contributed by atoms with van der Waals surface area (Å²) in [6, 6.07) is 6.42. The molecule has 0 fully saturated rings. The van der Waals surface area contributed by atoms with Gasteiger partial charge in [0, 0.05) is 19.3 Å². The summed E-state index contributed by atoms with van der Waals surface area (Å²) in [7, 11) is 1.83. The van der Waals surface area contributed by atoms with Crippen LogP contribution in [0.3, 0.4) is 0 Å². The number of benzene rings is 1. The topological polar surface area (TPSA) is 47.1 Å². The Morgan fingerprint density at radius 1 is 1.50 bits per heavy atom. The molecule has 0 spiro atoms. The molecule has 1 aromatic carbocycles. The highest BCUT2D eigenvalue weighted by molar-refractivity contribution is 7.80. The molecule has 1 aromatic heterocycles. The number of thiocarbonyl (C=S) groups is 1. The first-order chi connectivity index (χ1) is 9.45. The molecule has 0 unspecified atom stereocenters. The molecule has 0 aliphatic rings. The molecular weight excluding hydrogens is 275 g/mol. The molecule has 0 amide bonds. The predicted molar refractivity (Wildman–Crippen MR) is 82.9 cm³/mol. The van der Waals surface area contributed by atoms with E-state index in [0.29, 0.717) is 11.5 Å². The summed E-state index contributed by atoms with van der Waals surface area (Å²) in [4.78, 5) is 2.23. The van der Waals surface area contributed by atoms with Crippen molar-refractivity contribution in [2.24, 2.45) is 12.8 Å². The van der Waals surface area contributed by atoms with Crippen LogP contribution in [0.25, 0.3) is 0 Å². The average Bonchev–Trinajstić information content (AvgIpc) is 2.66. The van der Waals surface area contributed by atoms with Gasteiger partial charge in [0.2, 0.25) is 0 Å². The van der Waals surface area contributed by atoms with E-state index in [1.54, 1.807) is 10.7 Å². The van der Waals surface area contributed by atoms with Crippen LogP contribution in [-0.4, -0.2) is 21.3 Å². The van der Waals surface area contributed by atoms with Gasteiger partial charge in [0.25, 0.3) is 0 Å². The van der Waals surface area contributed by atoms with Gasteiger partial charge < -0.3 is 10.6 Å². The molecule has 2 N–H and O–H groups in total. The minimum Gasteiger partial charge on any atom is -0.389 e. The van der Waals surface area contributed by atoms with Gasteiger partial charge in [-0.25, -0.2) is 4.39 Å². The van der Waals surface area contributed by atoms with E-state index in [4.69, 9.17) is 18.0 Å². The van der Waals surface area contributed by atoms with Crippen LogP contribution in [0.15, 0.2) is 24.3 Å². The smallest absolute Gasteiger partial charge is 0.141 e. The quantitative estimate of drug-likeness (QED) is 0.880. The fraction of sp³-hybridized carbons (Fsp3) is 0.286. The van der Waals surface area contributed by atoms with Crippen molar-refractivity contribution in [1.82, 2.24) is 9.78 Å². The maximum Gasteiger partial charge on any atom is 0.141 e. The zero-order chi connectivity index (χ0) is 14.9. The first-order valence-corrected chi connectivity index (χ1v) is 6.73. The molecule has 2 aromatic rings. The largest absolute Gasteiger partial charge is 0.389 e. The number of nitrogens with zero attached hydrogens (tertiary/aromatic N) is 3. The lowest BCUT2D eigenvalue weighted by Gasteiger charge is -2.24. The van der Waals surface area contributed by atoms with Gasteiger partial charge in [-0.15, -0.1) is 0 Å². The summed E-state index contributed by atoms with van der Waals surface area (Å²) in [5.41, 5.74) is 8.05. The van der Waals surface area contributed by atoms with E-state index < -0.39 is 0 Å². The normalized spacial score (nSPS) is 10.6. The van der Waals surface area contributed by atoms with Gasteiger partial charge in [-0.05, 0) is 32.0 Å². The molecule has 0 saturated heterocycles. The van der Waals surface area contributed by atoms with Gasteiger partial charge in [-0.2, -0.15) is 5.10 Å². The summed E-state index contributed by atoms with van der Waals surface area (Å²) in [5, 5.41) is 4.36. The molecular formula is C14H17FN4S. The third-order valence-corrected chi connectivity index (χ3v) is 3.33. The standard InChI is InChI=1S/C14H17FN4S/c1-4-19(11-7-5-6-10(15)8-11)14-12(13(16)20)9(2)17-18(14)3/h5-8H,4H2,1-3H3,(H2,16,20). The fourth-order valence-corrected chi connectivity index (χ4v) is 2.58. The van der Waals surface area contributed by atoms with Crippen molar-refractivity contribution < 1.29 is 4.39 Å². The van der Waals surface area contributed by atoms with E-state index in [0.717, 1.165) is 22.8 Å². The highest BCUT2D eigenvalue weighted by Gasteiger charge is 2.21. The minimum atomic E-state index is -0.281. The highest BCUT2D eigenvalue weighted by atomic mass is 32.1. The van der Waals surface area contributed by atoms with E-state index in [1.165, 1.54) is 12.1 Å². The summed E-state index contributed by atoms with van der Waals surface area (Å²) in [6.45, 7) is 4.49. The van der Waals surface area contributed by atoms with E-state index in [1.807, 2.05) is 31.9 Å². The number of hydrogen-bond acceptors (Lipinski definition) is 3. The van der Waals surface area contributed by atoms with Gasteiger partial charge >= 0.3 is 0 Å². The second kappa shape index (κ2) is 5.58. The van der Waals surface area contributed by atoms with Crippen LogP contribution in [0.5, 0.6) is 0 Å². The van der Waals surface area contributed by atoms with Crippen molar-refractivity contribution in [2.45, 2.75) is 13.8 Å². The average molecular weight is 292 g/mol. The fourth-order valence-electron chi connectivity index (χ4n) is 2.34. The highest BCUT2D eigenvalue weighted by Crippen LogP contribution is 2.30. The number of aryl methyl sites for hydroxylation is 2. The van der Waals surface area contributed by atoms with Gasteiger partial charge in [0.15, 0.2) is 0 Å². The van der Waals surface area contributed by atoms with Gasteiger partial charge in [0.05, 0.1) is 11.3 Å². The Morgan fingerprint density at radius 3 is 2.75 bits per heavy atom. The monoisotopic (exact) mass is 292 g/mol. The Bertz CT molecular complexity index is 651. The Morgan fingerprint density at radius 2 is 2.20 bits per heavy atom. The van der Waals surface area contributed by atoms with E-state index in [-0.39, 0.29) is 5.82 Å². The van der Waals surface area contributed by atoms with Gasteiger partial charge in [-0.3, -0.25) is 4.68 Å². The molecule has 1 heterocycles. The van der Waals surface area contributed by atoms with E-state index in [2.05, 4.69) is 5.10 Å². The van der Waals surface area contributed by atoms with Crippen LogP contribution in [0.4, 0.5) is 15.9 Å². The molecule has 0 radical (unpaired) electrons. The first-order valence-electron chi connectivity index (χ1n) is 6.32. The Kier molecular flexibility index (Phi) is 4.04. The Balaban J connectivity index is 2.61. The number of hydrogen-bond donors (Lipinski definition) is 1. The Hall–Kier alpha value is -1.95. The maximum absolute atomic E-state index is 13.4. The van der Waals surface area contributed by atoms with Crippen molar-refractivity contribution in [3.63, 3.8) is 0 Å². The number of nitrogens with two attached hydrogens (primary N) is 1. The zero-order valence-corrected chi connectivity index (χ0v) is 12.5. The lowest BCUT2D eigenvalue weighted by molar-refractivity contribution is 0.627. The molecule has 2 rings (SSSR count). The molecule has 0 aliphatic carbocycles. The lowest BCUT2D eigenvalue weighted by atomic mass is 10.2. The third kappa shape index (κ3) is 2.51. The summed E-state index contributed by atoms with van der Waals surface area (Å²) < 4.78 is 15.2. The molecule has 0 atom stereocenters. The molecule has 0 aliphatic heterocycles. The molecule has 0 saturated carbocycles. The van der Waals surface area contributed by atoms with E-state index >= 15 is 0 Å². The van der Waals surface area contributed by atoms with Gasteiger partial charge in [-0.1, -0.05) is 18.3 Å². The van der Waals surface area contributed by atoms with Crippen molar-refractivity contribution in [1.29, 1.82) is 0 Å². The summed E-state index contributed by atoms with van der Waals surface area (Å²) >= 11 is 5.12. The van der Waals surface area contributed by atoms with Crippen molar-refractivity contribution in [3.8, 4) is 0 Å². The van der Waals surface area contributed by atoms with Crippen LogP contribution in [-0.2, 0) is 7.05 Å². The number of aromatic nitrogens is 2. The van der Waals surface area contributed by atoms with Crippen molar-refractivity contribution in [3.05, 3.63) is 41.3 Å². The zero-order valence-electron chi connectivity index (χ0n) is 11.7. The van der Waals surface area contributed by atoms with Gasteiger partial charge in [0.1, 0.15) is 16.6 Å². The van der Waals surface area contributed by atoms with Crippen molar-refractivity contribution in [2.75, 3.05) is 11.4 Å². The number of halogens is 1. The second-order valence-electron chi connectivity index (χ2n) is 4.50. The SMILES string of the molecule is CCN(c1cccc(F)c1)c1c(C(N)=S)c(C)nn1C. The molecule has 6 heteroatoms. The molecule has 20 heavy (non-hydrogen) atoms. The first kappa shape index (κ1) is 14.5. The molecule has 4 nitrogen and oxygen atoms in total. The molecule has 0 bridgehead atoms. The summed E-state index contributed by atoms with van der Waals surface area (Å²) in [5.74, 6) is 0.500. The number of rotatable bonds is 4. The number of anilines is 2. The predicted octanol–water partition coefficient (Wildman–Crippen LogP) is 2.66. The minimum absolute atomic E-state index is 0.281. The lowest BCUT2D eigenvalue weighted by Crippen LogP contribution is -2.23.